The van der Waals surface area contributed by atoms with Crippen molar-refractivity contribution in [3.05, 3.63) is 62.6 Å². The van der Waals surface area contributed by atoms with Gasteiger partial charge in [-0.05, 0) is 19.4 Å². The van der Waals surface area contributed by atoms with Crippen LogP contribution in [0.4, 0.5) is 8.78 Å². The summed E-state index contributed by atoms with van der Waals surface area (Å²) < 4.78 is 33.7. The number of rotatable bonds is 4. The lowest BCUT2D eigenvalue weighted by molar-refractivity contribution is 0.0910. The summed E-state index contributed by atoms with van der Waals surface area (Å²) in [5.41, 5.74) is -0.179. The van der Waals surface area contributed by atoms with Gasteiger partial charge in [0.2, 0.25) is 5.43 Å². The van der Waals surface area contributed by atoms with Gasteiger partial charge in [-0.25, -0.2) is 8.78 Å². The number of fused-ring (bicyclic) bond motifs is 1. The number of carbonyl (C=O) groups excluding carboxylic acids is 1. The van der Waals surface area contributed by atoms with Gasteiger partial charge in [-0.1, -0.05) is 6.07 Å². The molecule has 0 spiro atoms. The van der Waals surface area contributed by atoms with Gasteiger partial charge < -0.3 is 19.7 Å². The van der Waals surface area contributed by atoms with E-state index in [4.69, 9.17) is 4.74 Å². The third kappa shape index (κ3) is 2.96. The number of aromatic nitrogens is 1. The Morgan fingerprint density at radius 2 is 2.15 bits per heavy atom. The lowest BCUT2D eigenvalue weighted by atomic mass is 10.1. The minimum Gasteiger partial charge on any atom is -0.503 e. The molecular formula is C18H18F2N2O4. The molecule has 26 heavy (non-hydrogen) atoms. The van der Waals surface area contributed by atoms with E-state index in [2.05, 4.69) is 5.32 Å². The molecule has 0 saturated carbocycles. The van der Waals surface area contributed by atoms with Gasteiger partial charge in [-0.3, -0.25) is 9.59 Å². The summed E-state index contributed by atoms with van der Waals surface area (Å²) >= 11 is 0. The highest BCUT2D eigenvalue weighted by molar-refractivity contribution is 5.96. The number of methoxy groups -OCH3 is 1. The number of amides is 1. The Morgan fingerprint density at radius 1 is 1.42 bits per heavy atom. The normalized spacial score (nSPS) is 15.8. The third-order valence-electron chi connectivity index (χ3n) is 4.62. The summed E-state index contributed by atoms with van der Waals surface area (Å²) in [6.45, 7) is 1.87. The van der Waals surface area contributed by atoms with Gasteiger partial charge in [0.15, 0.2) is 5.75 Å². The van der Waals surface area contributed by atoms with E-state index in [0.717, 1.165) is 6.07 Å². The number of halogens is 2. The number of aromatic hydroxyl groups is 1. The van der Waals surface area contributed by atoms with Gasteiger partial charge in [0.1, 0.15) is 17.2 Å². The first kappa shape index (κ1) is 18.1. The maximum Gasteiger partial charge on any atom is 0.257 e. The van der Waals surface area contributed by atoms with Gasteiger partial charge in [0.05, 0.1) is 17.5 Å². The van der Waals surface area contributed by atoms with Crippen molar-refractivity contribution in [2.45, 2.75) is 32.5 Å². The molecule has 0 fully saturated rings. The van der Waals surface area contributed by atoms with Crippen LogP contribution in [0.15, 0.2) is 23.0 Å². The highest BCUT2D eigenvalue weighted by atomic mass is 19.1. The van der Waals surface area contributed by atoms with Crippen LogP contribution in [-0.2, 0) is 17.8 Å². The van der Waals surface area contributed by atoms with E-state index in [9.17, 15) is 23.5 Å². The van der Waals surface area contributed by atoms with Crippen molar-refractivity contribution >= 4 is 5.91 Å². The molecule has 1 aliphatic heterocycles. The van der Waals surface area contributed by atoms with Crippen molar-refractivity contribution in [3.63, 3.8) is 0 Å². The van der Waals surface area contributed by atoms with E-state index in [-0.39, 0.29) is 17.7 Å². The lowest BCUT2D eigenvalue weighted by Gasteiger charge is -2.17. The number of benzene rings is 1. The highest BCUT2D eigenvalue weighted by Crippen LogP contribution is 2.33. The summed E-state index contributed by atoms with van der Waals surface area (Å²) in [6.07, 6.45) is 0.109. The van der Waals surface area contributed by atoms with E-state index in [0.29, 0.717) is 30.4 Å². The summed E-state index contributed by atoms with van der Waals surface area (Å²) in [5, 5.41) is 12.5. The molecule has 1 atom stereocenters. The minimum atomic E-state index is -0.797. The molecule has 6 nitrogen and oxygen atoms in total. The standard InChI is InChI=1S/C18H18F2N2O4/c1-9-16(23)17(24)14(15-13(26-2)5-6-22(9)15)18(25)21-8-10-3-4-11(19)7-12(10)20/h3-4,7,13,23H,5-6,8H2,1-2H3,(H,21,25)/t13-/m0/s1. The van der Waals surface area contributed by atoms with Crippen LogP contribution in [0, 0.1) is 18.6 Å². The van der Waals surface area contributed by atoms with E-state index < -0.39 is 34.8 Å². The molecule has 0 saturated heterocycles. The van der Waals surface area contributed by atoms with Crippen molar-refractivity contribution in [1.82, 2.24) is 9.88 Å². The van der Waals surface area contributed by atoms with Crippen LogP contribution in [-0.4, -0.2) is 22.7 Å². The van der Waals surface area contributed by atoms with Crippen LogP contribution in [0.2, 0.25) is 0 Å². The number of hydrogen-bond donors (Lipinski definition) is 2. The monoisotopic (exact) mass is 364 g/mol. The highest BCUT2D eigenvalue weighted by Gasteiger charge is 2.33. The number of ether oxygens (including phenoxy) is 1. The predicted octanol–water partition coefficient (Wildman–Crippen LogP) is 2.16. The Hall–Kier alpha value is -2.74. The van der Waals surface area contributed by atoms with Crippen LogP contribution >= 0.6 is 0 Å². The van der Waals surface area contributed by atoms with Crippen LogP contribution in [0.3, 0.4) is 0 Å². The zero-order valence-corrected chi connectivity index (χ0v) is 14.3. The topological polar surface area (TPSA) is 80.6 Å². The molecule has 2 aromatic rings. The van der Waals surface area contributed by atoms with E-state index in [1.165, 1.54) is 13.2 Å². The quantitative estimate of drug-likeness (QED) is 0.871. The fourth-order valence-corrected chi connectivity index (χ4v) is 3.23. The van der Waals surface area contributed by atoms with Crippen molar-refractivity contribution in [2.24, 2.45) is 0 Å². The van der Waals surface area contributed by atoms with Crippen molar-refractivity contribution in [1.29, 1.82) is 0 Å². The van der Waals surface area contributed by atoms with Gasteiger partial charge in [-0.2, -0.15) is 0 Å². The van der Waals surface area contributed by atoms with Crippen molar-refractivity contribution in [2.75, 3.05) is 7.11 Å². The van der Waals surface area contributed by atoms with Crippen molar-refractivity contribution in [3.8, 4) is 5.75 Å². The summed E-state index contributed by atoms with van der Waals surface area (Å²) in [4.78, 5) is 25.1. The zero-order valence-electron chi connectivity index (χ0n) is 14.3. The van der Waals surface area contributed by atoms with Gasteiger partial charge in [-0.15, -0.1) is 0 Å². The number of pyridine rings is 1. The lowest BCUT2D eigenvalue weighted by Crippen LogP contribution is -2.32. The fraction of sp³-hybridized carbons (Fsp3) is 0.333. The molecule has 1 aromatic heterocycles. The molecule has 3 rings (SSSR count). The second-order valence-electron chi connectivity index (χ2n) is 6.11. The van der Waals surface area contributed by atoms with Crippen LogP contribution in [0.1, 0.15) is 39.8 Å². The van der Waals surface area contributed by atoms with Crippen LogP contribution < -0.4 is 10.7 Å². The maximum atomic E-state index is 13.7. The summed E-state index contributed by atoms with van der Waals surface area (Å²) in [7, 11) is 1.47. The molecule has 1 amide bonds. The molecule has 0 radical (unpaired) electrons. The molecule has 2 heterocycles. The zero-order chi connectivity index (χ0) is 19.0. The Balaban J connectivity index is 1.96. The molecule has 2 N–H and O–H groups in total. The van der Waals surface area contributed by atoms with Crippen LogP contribution in [0.25, 0.3) is 0 Å². The number of hydrogen-bond acceptors (Lipinski definition) is 4. The molecule has 8 heteroatoms. The van der Waals surface area contributed by atoms with Gasteiger partial charge in [0, 0.05) is 31.8 Å². The predicted molar refractivity (Wildman–Crippen MR) is 89.0 cm³/mol. The fourth-order valence-electron chi connectivity index (χ4n) is 3.23. The van der Waals surface area contributed by atoms with Crippen molar-refractivity contribution < 1.29 is 23.4 Å². The molecule has 138 valence electrons. The average Bonchev–Trinajstić information content (AvgIpc) is 3.03. The van der Waals surface area contributed by atoms with Gasteiger partial charge in [0.25, 0.3) is 5.91 Å². The Morgan fingerprint density at radius 3 is 2.81 bits per heavy atom. The Bertz CT molecular complexity index is 940. The largest absolute Gasteiger partial charge is 0.503 e. The summed E-state index contributed by atoms with van der Waals surface area (Å²) in [5.74, 6) is -2.76. The molecule has 1 aliphatic rings. The second-order valence-corrected chi connectivity index (χ2v) is 6.11. The number of nitrogens with zero attached hydrogens (tertiary/aromatic N) is 1. The van der Waals surface area contributed by atoms with E-state index >= 15 is 0 Å². The SMILES string of the molecule is CO[C@H]1CCn2c(C)c(O)c(=O)c(C(=O)NCc3ccc(F)cc3F)c21. The molecular weight excluding hydrogens is 346 g/mol. The third-order valence-corrected chi connectivity index (χ3v) is 4.62. The average molecular weight is 364 g/mol. The Labute approximate surface area is 148 Å². The molecule has 0 unspecified atom stereocenters. The number of nitrogens with one attached hydrogen (secondary N) is 1. The maximum absolute atomic E-state index is 13.7. The van der Waals surface area contributed by atoms with E-state index in [1.54, 1.807) is 11.5 Å². The Kier molecular flexibility index (Phi) is 4.78. The van der Waals surface area contributed by atoms with E-state index in [1.807, 2.05) is 0 Å². The first-order valence-electron chi connectivity index (χ1n) is 8.06. The molecule has 0 aliphatic carbocycles. The smallest absolute Gasteiger partial charge is 0.257 e. The molecule has 1 aromatic carbocycles. The minimum absolute atomic E-state index is 0.0797. The number of carbonyl (C=O) groups is 1. The molecule has 0 bridgehead atoms. The first-order chi connectivity index (χ1) is 12.3. The summed E-state index contributed by atoms with van der Waals surface area (Å²) in [6, 6.07) is 3.01. The first-order valence-corrected chi connectivity index (χ1v) is 8.06. The van der Waals surface area contributed by atoms with Gasteiger partial charge >= 0.3 is 0 Å². The second kappa shape index (κ2) is 6.87. The van der Waals surface area contributed by atoms with Crippen LogP contribution in [0.5, 0.6) is 5.75 Å².